The second-order valence-electron chi connectivity index (χ2n) is 22.6. The molecule has 3 amide bonds. The molecule has 3 fully saturated rings. The van der Waals surface area contributed by atoms with E-state index in [1.165, 1.54) is 4.90 Å². The van der Waals surface area contributed by atoms with Crippen LogP contribution in [0.5, 0.6) is 0 Å². The molecule has 0 aliphatic carbocycles. The number of ether oxygens (including phenoxy) is 3. The number of nitrogens with one attached hydrogen (secondary N) is 3. The standard InChI is InChI=1S/C57H83N13O7S/c1-38(2)70-41(5)62-45-34-59-49(33-46(45)70)63-48-16-20-58-55(64-48)68-23-18-57(75-9,19-24-68)17-22-67-27-25-66(26-28-67)21-10-29-76-30-11-31-77-36-50(72)65-52(56(6,7)8)54(74)69-35-44(71)32-47(69)53(73)61-39(3)42-12-14-43(15-13-42)51-40(4)60-37-78-51/h12-16,20,33-34,37-39,44,47,52,71H,10-11,17-19,21-32,35-36H2,1-9H3,(H,61,73)(H,65,72)(H,58,59,63,64)/t39-,44+,47-,52?/m0/s1. The van der Waals surface area contributed by atoms with Gasteiger partial charge in [0.15, 0.2) is 0 Å². The number of benzene rings is 1. The molecule has 78 heavy (non-hydrogen) atoms. The Morgan fingerprint density at radius 3 is 2.24 bits per heavy atom. The van der Waals surface area contributed by atoms with Crippen molar-refractivity contribution in [2.75, 3.05) is 103 Å². The molecule has 8 rings (SSSR count). The third kappa shape index (κ3) is 15.0. The van der Waals surface area contributed by atoms with Crippen molar-refractivity contribution in [3.05, 3.63) is 71.4 Å². The number of hydrogen-bond donors (Lipinski definition) is 4. The van der Waals surface area contributed by atoms with Crippen molar-refractivity contribution in [3.63, 3.8) is 0 Å². The number of piperazine rings is 1. The number of anilines is 3. The second-order valence-corrected chi connectivity index (χ2v) is 23.5. The molecule has 0 saturated carbocycles. The molecule has 21 heteroatoms. The van der Waals surface area contributed by atoms with Crippen LogP contribution in [0.1, 0.15) is 109 Å². The van der Waals surface area contributed by atoms with Crippen LogP contribution in [0.25, 0.3) is 21.5 Å². The molecule has 5 aromatic rings. The number of piperidine rings is 1. The van der Waals surface area contributed by atoms with Crippen LogP contribution >= 0.6 is 11.3 Å². The summed E-state index contributed by atoms with van der Waals surface area (Å²) in [6.45, 7) is 24.8. The zero-order valence-corrected chi connectivity index (χ0v) is 48.1. The summed E-state index contributed by atoms with van der Waals surface area (Å²) in [5, 5.41) is 20.0. The van der Waals surface area contributed by atoms with Crippen molar-refractivity contribution in [1.82, 2.24) is 54.8 Å². The van der Waals surface area contributed by atoms with E-state index in [9.17, 15) is 19.5 Å². The Morgan fingerprint density at radius 1 is 0.859 bits per heavy atom. The summed E-state index contributed by atoms with van der Waals surface area (Å²) in [5.74, 6) is 1.90. The molecule has 4 N–H and O–H groups in total. The van der Waals surface area contributed by atoms with E-state index in [2.05, 4.69) is 69.0 Å². The van der Waals surface area contributed by atoms with Crippen LogP contribution in [-0.4, -0.2) is 183 Å². The van der Waals surface area contributed by atoms with Gasteiger partial charge in [-0.15, -0.1) is 11.3 Å². The van der Waals surface area contributed by atoms with Gasteiger partial charge in [0.1, 0.15) is 41.7 Å². The first kappa shape index (κ1) is 58.5. The van der Waals surface area contributed by atoms with Gasteiger partial charge in [-0.3, -0.25) is 14.4 Å². The average molecular weight is 1090 g/mol. The number of hydrogen-bond acceptors (Lipinski definition) is 17. The molecule has 3 aliphatic rings. The fourth-order valence-electron chi connectivity index (χ4n) is 10.9. The highest BCUT2D eigenvalue weighted by atomic mass is 32.1. The highest BCUT2D eigenvalue weighted by Gasteiger charge is 2.45. The lowest BCUT2D eigenvalue weighted by atomic mass is 9.85. The largest absolute Gasteiger partial charge is 0.391 e. The number of aliphatic hydroxyl groups is 1. The quantitative estimate of drug-likeness (QED) is 0.0488. The Hall–Kier alpha value is -5.68. The molecule has 7 heterocycles. The number of fused-ring (bicyclic) bond motifs is 1. The Kier molecular flexibility index (Phi) is 19.9. The molecule has 0 radical (unpaired) electrons. The van der Waals surface area contributed by atoms with Gasteiger partial charge in [-0.1, -0.05) is 45.0 Å². The number of likely N-dealkylation sites (tertiary alicyclic amines) is 1. The Bertz CT molecular complexity index is 2770. The number of aliphatic hydroxyl groups excluding tert-OH is 1. The third-order valence-electron chi connectivity index (χ3n) is 15.5. The summed E-state index contributed by atoms with van der Waals surface area (Å²) in [6, 6.07) is 10.0. The lowest BCUT2D eigenvalue weighted by molar-refractivity contribution is -0.144. The molecule has 4 aromatic heterocycles. The van der Waals surface area contributed by atoms with E-state index < -0.39 is 35.4 Å². The molecule has 0 bridgehead atoms. The van der Waals surface area contributed by atoms with Gasteiger partial charge in [0.2, 0.25) is 23.7 Å². The number of nitrogens with zero attached hydrogens (tertiary/aromatic N) is 10. The first-order chi connectivity index (χ1) is 37.4. The lowest BCUT2D eigenvalue weighted by Gasteiger charge is -2.42. The summed E-state index contributed by atoms with van der Waals surface area (Å²) < 4.78 is 20.1. The van der Waals surface area contributed by atoms with E-state index >= 15 is 0 Å². The molecule has 20 nitrogen and oxygen atoms in total. The minimum absolute atomic E-state index is 0.000337. The lowest BCUT2D eigenvalue weighted by Crippen LogP contribution is -2.58. The van der Waals surface area contributed by atoms with Gasteiger partial charge in [-0.2, -0.15) is 4.98 Å². The number of thiazole rings is 1. The number of amides is 3. The Balaban J connectivity index is 0.675. The maximum Gasteiger partial charge on any atom is 0.246 e. The minimum Gasteiger partial charge on any atom is -0.391 e. The van der Waals surface area contributed by atoms with Gasteiger partial charge in [-0.25, -0.2) is 19.9 Å². The second kappa shape index (κ2) is 26.5. The van der Waals surface area contributed by atoms with Crippen molar-refractivity contribution in [1.29, 1.82) is 0 Å². The van der Waals surface area contributed by atoms with Crippen molar-refractivity contribution in [2.24, 2.45) is 5.41 Å². The van der Waals surface area contributed by atoms with Crippen LogP contribution in [0, 0.1) is 19.3 Å². The molecule has 1 unspecified atom stereocenters. The molecular formula is C57H83N13O7S. The summed E-state index contributed by atoms with van der Waals surface area (Å²) in [6.07, 6.45) is 7.23. The topological polar surface area (TPSA) is 218 Å². The van der Waals surface area contributed by atoms with E-state index in [-0.39, 0.29) is 43.2 Å². The van der Waals surface area contributed by atoms with E-state index in [1.54, 1.807) is 17.5 Å². The van der Waals surface area contributed by atoms with Crippen molar-refractivity contribution in [2.45, 2.75) is 130 Å². The number of aromatic nitrogens is 6. The first-order valence-corrected chi connectivity index (χ1v) is 28.7. The van der Waals surface area contributed by atoms with Crippen LogP contribution in [-0.2, 0) is 28.6 Å². The monoisotopic (exact) mass is 1090 g/mol. The molecule has 424 valence electrons. The Morgan fingerprint density at radius 2 is 1.56 bits per heavy atom. The van der Waals surface area contributed by atoms with Gasteiger partial charge in [0.05, 0.1) is 45.5 Å². The van der Waals surface area contributed by atoms with Crippen LogP contribution in [0.3, 0.4) is 0 Å². The van der Waals surface area contributed by atoms with Crippen molar-refractivity contribution >= 4 is 57.7 Å². The fraction of sp³-hybridized carbons (Fsp3) is 0.614. The summed E-state index contributed by atoms with van der Waals surface area (Å²) >= 11 is 1.58. The highest BCUT2D eigenvalue weighted by Crippen LogP contribution is 2.33. The van der Waals surface area contributed by atoms with Crippen LogP contribution < -0.4 is 20.9 Å². The van der Waals surface area contributed by atoms with Crippen LogP contribution in [0.2, 0.25) is 0 Å². The van der Waals surface area contributed by atoms with Crippen molar-refractivity contribution in [3.8, 4) is 10.4 Å². The number of carbonyl (C=O) groups excluding carboxylic acids is 3. The summed E-state index contributed by atoms with van der Waals surface area (Å²) in [4.78, 5) is 73.9. The SMILES string of the molecule is COC1(CCN2CCN(CCCOCCCOCC(=O)NC(C(=O)N3C[C@H](O)C[C@H]3C(=O)N[C@@H](C)c3ccc(-c4scnc4C)cc3)C(C)(C)C)CC2)CCN(c2nccc(Nc3cc4c(cn3)nc(C)n4C(C)C)n2)CC1. The van der Waals surface area contributed by atoms with E-state index in [1.807, 2.05) is 96.8 Å². The number of aryl methyl sites for hydroxylation is 2. The molecule has 1 aromatic carbocycles. The van der Waals surface area contributed by atoms with E-state index in [4.69, 9.17) is 19.2 Å². The molecule has 3 aliphatic heterocycles. The molecule has 3 saturated heterocycles. The molecule has 4 atom stereocenters. The van der Waals surface area contributed by atoms with Gasteiger partial charge < -0.3 is 59.4 Å². The minimum atomic E-state index is -0.938. The van der Waals surface area contributed by atoms with E-state index in [0.717, 1.165) is 122 Å². The summed E-state index contributed by atoms with van der Waals surface area (Å²) in [7, 11) is 1.85. The zero-order chi connectivity index (χ0) is 55.6. The first-order valence-electron chi connectivity index (χ1n) is 27.8. The van der Waals surface area contributed by atoms with Gasteiger partial charge in [0.25, 0.3) is 0 Å². The smallest absolute Gasteiger partial charge is 0.246 e. The zero-order valence-electron chi connectivity index (χ0n) is 47.3. The number of methoxy groups -OCH3 is 1. The predicted molar refractivity (Wildman–Crippen MR) is 304 cm³/mol. The fourth-order valence-corrected chi connectivity index (χ4v) is 11.8. The molecule has 0 spiro atoms. The average Bonchev–Trinajstić information content (AvgIpc) is 4.16. The van der Waals surface area contributed by atoms with Gasteiger partial charge in [-0.05, 0) is 89.3 Å². The number of imidazole rings is 1. The van der Waals surface area contributed by atoms with Gasteiger partial charge in [0, 0.05) is 111 Å². The third-order valence-corrected chi connectivity index (χ3v) is 16.5. The summed E-state index contributed by atoms with van der Waals surface area (Å²) in [5.41, 5.74) is 5.84. The predicted octanol–water partition coefficient (Wildman–Crippen LogP) is 6.46. The maximum atomic E-state index is 14.1. The normalized spacial score (nSPS) is 19.1. The Labute approximate surface area is 464 Å². The van der Waals surface area contributed by atoms with Crippen LogP contribution in [0.4, 0.5) is 17.6 Å². The highest BCUT2D eigenvalue weighted by molar-refractivity contribution is 7.13. The number of β-amino-alcohol motifs (C(OH)–C–C–N with tert-alkyl or cyclic N) is 1. The maximum absolute atomic E-state index is 14.1. The molecular weight excluding hydrogens is 1010 g/mol. The number of pyridine rings is 1. The van der Waals surface area contributed by atoms with E-state index in [0.29, 0.717) is 38.0 Å². The van der Waals surface area contributed by atoms with Gasteiger partial charge >= 0.3 is 0 Å². The number of rotatable bonds is 24. The van der Waals surface area contributed by atoms with Crippen molar-refractivity contribution < 1.29 is 33.7 Å². The van der Waals surface area contributed by atoms with Crippen LogP contribution in [0.15, 0.2) is 54.3 Å². The number of carbonyl (C=O) groups is 3.